The molecule has 1 unspecified atom stereocenters. The zero-order valence-corrected chi connectivity index (χ0v) is 12.2. The highest BCUT2D eigenvalue weighted by Gasteiger charge is 2.33. The van der Waals surface area contributed by atoms with E-state index in [1.165, 1.54) is 7.05 Å². The molecule has 0 aliphatic heterocycles. The summed E-state index contributed by atoms with van der Waals surface area (Å²) in [4.78, 5) is 10.2. The first-order valence-electron chi connectivity index (χ1n) is 5.83. The number of nitro groups is 1. The standard InChI is InChI=1S/C10H15N3O4S2/c1-6(7-3-4-7)12-19(16,17)9-5-8(13(14)15)10(11-2)18-9/h5-7,11-12H,3-4H2,1-2H3. The molecule has 1 saturated carbocycles. The molecule has 1 heterocycles. The van der Waals surface area contributed by atoms with Gasteiger partial charge in [-0.25, -0.2) is 13.1 Å². The molecule has 1 aliphatic rings. The van der Waals surface area contributed by atoms with E-state index in [0.29, 0.717) is 5.92 Å². The second-order valence-electron chi connectivity index (χ2n) is 4.53. The Hall–Kier alpha value is -1.19. The molecule has 7 nitrogen and oxygen atoms in total. The van der Waals surface area contributed by atoms with E-state index >= 15 is 0 Å². The lowest BCUT2D eigenvalue weighted by Crippen LogP contribution is -2.33. The minimum atomic E-state index is -3.69. The topological polar surface area (TPSA) is 101 Å². The van der Waals surface area contributed by atoms with Crippen LogP contribution < -0.4 is 10.0 Å². The highest BCUT2D eigenvalue weighted by Crippen LogP contribution is 2.38. The summed E-state index contributed by atoms with van der Waals surface area (Å²) in [5.41, 5.74) is -0.216. The van der Waals surface area contributed by atoms with E-state index in [-0.39, 0.29) is 20.9 Å². The molecule has 1 atom stereocenters. The van der Waals surface area contributed by atoms with Crippen LogP contribution in [0, 0.1) is 16.0 Å². The Morgan fingerprint density at radius 1 is 1.53 bits per heavy atom. The van der Waals surface area contributed by atoms with Crippen molar-refractivity contribution in [3.8, 4) is 0 Å². The molecular weight excluding hydrogens is 290 g/mol. The average Bonchev–Trinajstić information content (AvgIpc) is 3.06. The maximum absolute atomic E-state index is 12.1. The van der Waals surface area contributed by atoms with Crippen LogP contribution in [0.5, 0.6) is 0 Å². The van der Waals surface area contributed by atoms with Crippen molar-refractivity contribution in [3.05, 3.63) is 16.2 Å². The molecule has 2 N–H and O–H groups in total. The van der Waals surface area contributed by atoms with E-state index in [9.17, 15) is 18.5 Å². The number of anilines is 1. The molecule has 9 heteroatoms. The Morgan fingerprint density at radius 3 is 2.58 bits per heavy atom. The zero-order valence-electron chi connectivity index (χ0n) is 10.5. The van der Waals surface area contributed by atoms with Crippen molar-refractivity contribution >= 4 is 32.0 Å². The molecule has 0 saturated heterocycles. The van der Waals surface area contributed by atoms with Crippen LogP contribution in [0.1, 0.15) is 19.8 Å². The molecule has 1 aromatic heterocycles. The summed E-state index contributed by atoms with van der Waals surface area (Å²) in [6.45, 7) is 1.82. The minimum Gasteiger partial charge on any atom is -0.374 e. The molecule has 0 amide bonds. The lowest BCUT2D eigenvalue weighted by atomic mass is 10.2. The Bertz CT molecular complexity index is 592. The lowest BCUT2D eigenvalue weighted by molar-refractivity contribution is -0.383. The maximum atomic E-state index is 12.1. The van der Waals surface area contributed by atoms with Gasteiger partial charge in [0.25, 0.3) is 10.0 Å². The van der Waals surface area contributed by atoms with Gasteiger partial charge in [0.15, 0.2) is 5.00 Å². The maximum Gasteiger partial charge on any atom is 0.304 e. The Labute approximate surface area is 115 Å². The molecule has 1 aromatic rings. The van der Waals surface area contributed by atoms with Crippen LogP contribution in [-0.4, -0.2) is 26.4 Å². The van der Waals surface area contributed by atoms with Crippen molar-refractivity contribution in [1.82, 2.24) is 4.72 Å². The fourth-order valence-corrected chi connectivity index (χ4v) is 4.41. The van der Waals surface area contributed by atoms with Crippen molar-refractivity contribution in [1.29, 1.82) is 0 Å². The van der Waals surface area contributed by atoms with E-state index in [1.807, 2.05) is 6.92 Å². The molecule has 106 valence electrons. The van der Waals surface area contributed by atoms with Gasteiger partial charge in [0.05, 0.1) is 4.92 Å². The zero-order chi connectivity index (χ0) is 14.2. The molecule has 1 fully saturated rings. The number of hydrogen-bond acceptors (Lipinski definition) is 6. The highest BCUT2D eigenvalue weighted by atomic mass is 32.2. The first-order valence-corrected chi connectivity index (χ1v) is 8.13. The highest BCUT2D eigenvalue weighted by molar-refractivity contribution is 7.91. The third kappa shape index (κ3) is 3.04. The van der Waals surface area contributed by atoms with E-state index in [0.717, 1.165) is 30.2 Å². The van der Waals surface area contributed by atoms with Gasteiger partial charge >= 0.3 is 5.69 Å². The van der Waals surface area contributed by atoms with Crippen molar-refractivity contribution in [2.24, 2.45) is 5.92 Å². The SMILES string of the molecule is CNc1sc(S(=O)(=O)NC(C)C2CC2)cc1[N+](=O)[O-]. The summed E-state index contributed by atoms with van der Waals surface area (Å²) in [5, 5.41) is 13.7. The summed E-state index contributed by atoms with van der Waals surface area (Å²) in [7, 11) is -2.16. The summed E-state index contributed by atoms with van der Waals surface area (Å²) in [5.74, 6) is 0.383. The number of hydrogen-bond donors (Lipinski definition) is 2. The number of thiophene rings is 1. The largest absolute Gasteiger partial charge is 0.374 e. The predicted molar refractivity (Wildman–Crippen MR) is 73.0 cm³/mol. The predicted octanol–water partition coefficient (Wildman–Crippen LogP) is 1.77. The summed E-state index contributed by atoms with van der Waals surface area (Å²) < 4.78 is 26.8. The quantitative estimate of drug-likeness (QED) is 0.616. The number of nitrogens with one attached hydrogen (secondary N) is 2. The van der Waals surface area contributed by atoms with E-state index in [2.05, 4.69) is 10.0 Å². The average molecular weight is 305 g/mol. The van der Waals surface area contributed by atoms with Gasteiger partial charge in [-0.05, 0) is 25.7 Å². The minimum absolute atomic E-state index is 0.0314. The van der Waals surface area contributed by atoms with Gasteiger partial charge in [0.1, 0.15) is 4.21 Å². The molecule has 1 aliphatic carbocycles. The van der Waals surface area contributed by atoms with Crippen molar-refractivity contribution in [3.63, 3.8) is 0 Å². The molecule has 19 heavy (non-hydrogen) atoms. The molecule has 0 aromatic carbocycles. The molecule has 0 spiro atoms. The van der Waals surface area contributed by atoms with Gasteiger partial charge in [-0.1, -0.05) is 11.3 Å². The monoisotopic (exact) mass is 305 g/mol. The summed E-state index contributed by atoms with van der Waals surface area (Å²) in [6, 6.07) is 0.961. The smallest absolute Gasteiger partial charge is 0.304 e. The van der Waals surface area contributed by atoms with Gasteiger partial charge < -0.3 is 5.32 Å². The fourth-order valence-electron chi connectivity index (χ4n) is 1.80. The van der Waals surface area contributed by atoms with Gasteiger partial charge in [0.2, 0.25) is 0 Å². The first-order chi connectivity index (χ1) is 8.85. The van der Waals surface area contributed by atoms with Crippen molar-refractivity contribution in [2.45, 2.75) is 30.0 Å². The third-order valence-electron chi connectivity index (χ3n) is 3.05. The van der Waals surface area contributed by atoms with Crippen molar-refractivity contribution in [2.75, 3.05) is 12.4 Å². The first kappa shape index (κ1) is 14.2. The van der Waals surface area contributed by atoms with Crippen LogP contribution in [0.25, 0.3) is 0 Å². The van der Waals surface area contributed by atoms with Crippen LogP contribution in [0.15, 0.2) is 10.3 Å². The van der Waals surface area contributed by atoms with Crippen LogP contribution in [0.4, 0.5) is 10.7 Å². The molecule has 0 bridgehead atoms. The molecular formula is C10H15N3O4S2. The van der Waals surface area contributed by atoms with Crippen molar-refractivity contribution < 1.29 is 13.3 Å². The van der Waals surface area contributed by atoms with Gasteiger partial charge in [0, 0.05) is 19.2 Å². The summed E-state index contributed by atoms with van der Waals surface area (Å²) in [6.07, 6.45) is 2.05. The van der Waals surface area contributed by atoms with E-state index < -0.39 is 14.9 Å². The normalized spacial score (nSPS) is 17.2. The Kier molecular flexibility index (Phi) is 3.79. The van der Waals surface area contributed by atoms with Crippen LogP contribution in [0.2, 0.25) is 0 Å². The molecule has 0 radical (unpaired) electrons. The number of sulfonamides is 1. The lowest BCUT2D eigenvalue weighted by Gasteiger charge is -2.11. The van der Waals surface area contributed by atoms with Crippen LogP contribution in [-0.2, 0) is 10.0 Å². The van der Waals surface area contributed by atoms with Gasteiger partial charge in [-0.15, -0.1) is 0 Å². The number of rotatable bonds is 6. The van der Waals surface area contributed by atoms with Gasteiger partial charge in [-0.2, -0.15) is 0 Å². The van der Waals surface area contributed by atoms with Crippen LogP contribution in [0.3, 0.4) is 0 Å². The van der Waals surface area contributed by atoms with E-state index in [4.69, 9.17) is 0 Å². The fraction of sp³-hybridized carbons (Fsp3) is 0.600. The summed E-state index contributed by atoms with van der Waals surface area (Å²) >= 11 is 0.866. The third-order valence-corrected chi connectivity index (χ3v) is 6.22. The van der Waals surface area contributed by atoms with Crippen LogP contribution >= 0.6 is 11.3 Å². The second kappa shape index (κ2) is 5.06. The van der Waals surface area contributed by atoms with Gasteiger partial charge in [-0.3, -0.25) is 10.1 Å². The Balaban J connectivity index is 2.26. The van der Waals surface area contributed by atoms with E-state index in [1.54, 1.807) is 0 Å². The molecule has 2 rings (SSSR count). The Morgan fingerprint density at radius 2 is 2.16 bits per heavy atom. The second-order valence-corrected chi connectivity index (χ2v) is 7.53. The number of nitrogens with zero attached hydrogens (tertiary/aromatic N) is 1.